The van der Waals surface area contributed by atoms with E-state index in [0.29, 0.717) is 12.8 Å². The molecule has 0 aliphatic carbocycles. The molecular formula is C13H17NO6S2. The largest absolute Gasteiger partial charge is 0.481 e. The molecule has 1 aliphatic heterocycles. The molecule has 2 rings (SSSR count). The molecule has 0 amide bonds. The third kappa shape index (κ3) is 3.47. The fourth-order valence-corrected chi connectivity index (χ4v) is 4.52. The van der Waals surface area contributed by atoms with Gasteiger partial charge < -0.3 is 5.11 Å². The van der Waals surface area contributed by atoms with Gasteiger partial charge in [-0.2, -0.15) is 4.31 Å². The minimum Gasteiger partial charge on any atom is -0.481 e. The summed E-state index contributed by atoms with van der Waals surface area (Å²) in [6, 6.07) is 4.94. The number of carboxylic acids is 1. The zero-order chi connectivity index (χ0) is 16.5. The topological polar surface area (TPSA) is 109 Å². The molecule has 0 radical (unpaired) electrons. The lowest BCUT2D eigenvalue weighted by Crippen LogP contribution is -2.42. The number of sulfonamides is 1. The minimum absolute atomic E-state index is 0.0357. The number of carbonyl (C=O) groups is 1. The number of aliphatic carboxylic acids is 1. The standard InChI is InChI=1S/C13H17NO6S2/c1-21(17,18)11-4-6-12(7-5-11)22(19,20)14-8-2-3-10(9-14)13(15)16/h4-7,10H,2-3,8-9H2,1H3,(H,15,16)/t10-/m0/s1. The SMILES string of the molecule is CS(=O)(=O)c1ccc(S(=O)(=O)N2CCC[C@H](C(=O)O)C2)cc1. The minimum atomic E-state index is -3.82. The highest BCUT2D eigenvalue weighted by Gasteiger charge is 2.33. The highest BCUT2D eigenvalue weighted by atomic mass is 32.2. The first-order chi connectivity index (χ1) is 10.1. The number of rotatable bonds is 4. The maximum absolute atomic E-state index is 12.5. The Balaban J connectivity index is 2.28. The molecule has 9 heteroatoms. The summed E-state index contributed by atoms with van der Waals surface area (Å²) >= 11 is 0. The summed E-state index contributed by atoms with van der Waals surface area (Å²) in [5.74, 6) is -1.72. The van der Waals surface area contributed by atoms with Crippen LogP contribution in [0.4, 0.5) is 0 Å². The van der Waals surface area contributed by atoms with E-state index in [2.05, 4.69) is 0 Å². The van der Waals surface area contributed by atoms with Crippen LogP contribution < -0.4 is 0 Å². The van der Waals surface area contributed by atoms with Crippen molar-refractivity contribution in [3.05, 3.63) is 24.3 Å². The van der Waals surface area contributed by atoms with Crippen molar-refractivity contribution in [2.45, 2.75) is 22.6 Å². The molecule has 7 nitrogen and oxygen atoms in total. The van der Waals surface area contributed by atoms with Crippen molar-refractivity contribution >= 4 is 25.8 Å². The molecule has 1 aliphatic rings. The van der Waals surface area contributed by atoms with Gasteiger partial charge in [-0.25, -0.2) is 16.8 Å². The molecule has 0 saturated carbocycles. The van der Waals surface area contributed by atoms with Crippen LogP contribution in [0.3, 0.4) is 0 Å². The van der Waals surface area contributed by atoms with Crippen LogP contribution in [0.1, 0.15) is 12.8 Å². The van der Waals surface area contributed by atoms with Gasteiger partial charge in [0.1, 0.15) is 0 Å². The first-order valence-electron chi connectivity index (χ1n) is 6.65. The first-order valence-corrected chi connectivity index (χ1v) is 9.98. The van der Waals surface area contributed by atoms with Gasteiger partial charge in [-0.15, -0.1) is 0 Å². The van der Waals surface area contributed by atoms with E-state index in [4.69, 9.17) is 5.11 Å². The van der Waals surface area contributed by atoms with Crippen LogP contribution in [0.2, 0.25) is 0 Å². The number of benzene rings is 1. The average Bonchev–Trinajstić information content (AvgIpc) is 2.46. The average molecular weight is 347 g/mol. The van der Waals surface area contributed by atoms with E-state index in [1.165, 1.54) is 24.3 Å². The molecule has 0 unspecified atom stereocenters. The van der Waals surface area contributed by atoms with E-state index in [0.717, 1.165) is 10.6 Å². The van der Waals surface area contributed by atoms with E-state index < -0.39 is 31.7 Å². The predicted octanol–water partition coefficient (Wildman–Crippen LogP) is 0.575. The van der Waals surface area contributed by atoms with Gasteiger partial charge in [0.25, 0.3) is 0 Å². The van der Waals surface area contributed by atoms with E-state index in [1.54, 1.807) is 0 Å². The zero-order valence-electron chi connectivity index (χ0n) is 12.0. The van der Waals surface area contributed by atoms with E-state index in [9.17, 15) is 21.6 Å². The summed E-state index contributed by atoms with van der Waals surface area (Å²) in [4.78, 5) is 11.0. The molecule has 1 fully saturated rings. The molecule has 1 saturated heterocycles. The van der Waals surface area contributed by atoms with Gasteiger partial charge in [0.05, 0.1) is 15.7 Å². The smallest absolute Gasteiger partial charge is 0.307 e. The molecule has 1 heterocycles. The van der Waals surface area contributed by atoms with Crippen LogP contribution in [0.15, 0.2) is 34.1 Å². The number of sulfone groups is 1. The number of carboxylic acid groups (broad SMARTS) is 1. The zero-order valence-corrected chi connectivity index (χ0v) is 13.6. The Kier molecular flexibility index (Phi) is 4.59. The molecule has 1 atom stereocenters. The second kappa shape index (κ2) is 5.98. The van der Waals surface area contributed by atoms with Gasteiger partial charge in [-0.1, -0.05) is 0 Å². The molecule has 0 aromatic heterocycles. The maximum Gasteiger partial charge on any atom is 0.307 e. The van der Waals surface area contributed by atoms with Gasteiger partial charge in [0.15, 0.2) is 9.84 Å². The van der Waals surface area contributed by atoms with Crippen molar-refractivity contribution in [2.24, 2.45) is 5.92 Å². The van der Waals surface area contributed by atoms with E-state index in [1.807, 2.05) is 0 Å². The van der Waals surface area contributed by atoms with E-state index in [-0.39, 0.29) is 22.9 Å². The van der Waals surface area contributed by atoms with Crippen LogP contribution in [0, 0.1) is 5.92 Å². The van der Waals surface area contributed by atoms with E-state index >= 15 is 0 Å². The lowest BCUT2D eigenvalue weighted by Gasteiger charge is -2.29. The number of hydrogen-bond donors (Lipinski definition) is 1. The fourth-order valence-electron chi connectivity index (χ4n) is 2.37. The number of nitrogens with zero attached hydrogens (tertiary/aromatic N) is 1. The summed E-state index contributed by atoms with van der Waals surface area (Å²) in [6.45, 7) is 0.200. The Morgan fingerprint density at radius 2 is 1.68 bits per heavy atom. The molecule has 1 N–H and O–H groups in total. The Morgan fingerprint density at radius 3 is 2.18 bits per heavy atom. The molecule has 1 aromatic carbocycles. The van der Waals surface area contributed by atoms with Crippen molar-refractivity contribution in [3.63, 3.8) is 0 Å². The summed E-state index contributed by atoms with van der Waals surface area (Å²) in [5, 5.41) is 9.03. The fraction of sp³-hybridized carbons (Fsp3) is 0.462. The quantitative estimate of drug-likeness (QED) is 0.853. The number of piperidine rings is 1. The second-order valence-corrected chi connectivity index (χ2v) is 9.24. The van der Waals surface area contributed by atoms with Gasteiger partial charge in [-0.3, -0.25) is 4.79 Å². The van der Waals surface area contributed by atoms with Gasteiger partial charge in [0, 0.05) is 19.3 Å². The van der Waals surface area contributed by atoms with Crippen LogP contribution in [-0.2, 0) is 24.7 Å². The van der Waals surface area contributed by atoms with Crippen LogP contribution in [0.25, 0.3) is 0 Å². The summed E-state index contributed by atoms with van der Waals surface area (Å²) < 4.78 is 48.9. The van der Waals surface area contributed by atoms with Crippen molar-refractivity contribution in [1.29, 1.82) is 0 Å². The summed E-state index contributed by atoms with van der Waals surface area (Å²) in [7, 11) is -7.21. The Hall–Kier alpha value is -1.45. The molecule has 22 heavy (non-hydrogen) atoms. The highest BCUT2D eigenvalue weighted by Crippen LogP contribution is 2.24. The predicted molar refractivity (Wildman–Crippen MR) is 78.7 cm³/mol. The Labute approximate surface area is 129 Å². The van der Waals surface area contributed by atoms with Crippen molar-refractivity contribution in [3.8, 4) is 0 Å². The molecule has 0 bridgehead atoms. The lowest BCUT2D eigenvalue weighted by molar-refractivity contribution is -0.142. The molecule has 0 spiro atoms. The van der Waals surface area contributed by atoms with Crippen LogP contribution >= 0.6 is 0 Å². The molecule has 122 valence electrons. The lowest BCUT2D eigenvalue weighted by atomic mass is 10.0. The number of hydrogen-bond acceptors (Lipinski definition) is 5. The van der Waals surface area contributed by atoms with Crippen LogP contribution in [0.5, 0.6) is 0 Å². The molecular weight excluding hydrogens is 330 g/mol. The second-order valence-electron chi connectivity index (χ2n) is 5.28. The van der Waals surface area contributed by atoms with Crippen molar-refractivity contribution in [2.75, 3.05) is 19.3 Å². The van der Waals surface area contributed by atoms with Crippen molar-refractivity contribution in [1.82, 2.24) is 4.31 Å². The third-order valence-electron chi connectivity index (χ3n) is 3.62. The maximum atomic E-state index is 12.5. The van der Waals surface area contributed by atoms with Crippen molar-refractivity contribution < 1.29 is 26.7 Å². The van der Waals surface area contributed by atoms with Gasteiger partial charge in [-0.05, 0) is 37.1 Å². The van der Waals surface area contributed by atoms with Gasteiger partial charge in [0.2, 0.25) is 10.0 Å². The van der Waals surface area contributed by atoms with Crippen LogP contribution in [-0.4, -0.2) is 51.6 Å². The first kappa shape index (κ1) is 16.9. The monoisotopic (exact) mass is 347 g/mol. The summed E-state index contributed by atoms with van der Waals surface area (Å²) in [6.07, 6.45) is 1.98. The Bertz CT molecular complexity index is 767. The van der Waals surface area contributed by atoms with Gasteiger partial charge >= 0.3 is 5.97 Å². The normalized spacial score (nSPS) is 20.7. The third-order valence-corrected chi connectivity index (χ3v) is 6.63. The Morgan fingerprint density at radius 1 is 1.14 bits per heavy atom. The summed E-state index contributed by atoms with van der Waals surface area (Å²) in [5.41, 5.74) is 0. The molecule has 1 aromatic rings. The highest BCUT2D eigenvalue weighted by molar-refractivity contribution is 7.90.